The van der Waals surface area contributed by atoms with Crippen molar-refractivity contribution < 1.29 is 23.0 Å². The van der Waals surface area contributed by atoms with E-state index in [-0.39, 0.29) is 17.4 Å². The third kappa shape index (κ3) is 4.01. The van der Waals surface area contributed by atoms with E-state index >= 15 is 0 Å². The predicted octanol–water partition coefficient (Wildman–Crippen LogP) is 4.00. The molecule has 1 aliphatic rings. The van der Waals surface area contributed by atoms with Crippen LogP contribution in [0.15, 0.2) is 29.4 Å². The van der Waals surface area contributed by atoms with Crippen molar-refractivity contribution in [1.82, 2.24) is 5.43 Å². The summed E-state index contributed by atoms with van der Waals surface area (Å²) in [6.45, 7) is -1.23. The first-order valence-corrected chi connectivity index (χ1v) is 8.89. The Morgan fingerprint density at radius 1 is 1.27 bits per heavy atom. The highest BCUT2D eigenvalue weighted by molar-refractivity contribution is 7.14. The van der Waals surface area contributed by atoms with Crippen LogP contribution in [0.5, 0.6) is 11.5 Å². The van der Waals surface area contributed by atoms with Gasteiger partial charge in [-0.25, -0.2) is 5.43 Å². The Hall–Kier alpha value is -2.48. The molecule has 0 unspecified atom stereocenters. The van der Waals surface area contributed by atoms with Gasteiger partial charge in [-0.3, -0.25) is 4.79 Å². The quantitative estimate of drug-likeness (QED) is 0.609. The monoisotopic (exact) mass is 380 g/mol. The van der Waals surface area contributed by atoms with Crippen molar-refractivity contribution in [3.63, 3.8) is 0 Å². The van der Waals surface area contributed by atoms with Gasteiger partial charge in [0.25, 0.3) is 5.91 Å². The topological polar surface area (TPSA) is 59.9 Å². The van der Waals surface area contributed by atoms with Gasteiger partial charge in [-0.2, -0.15) is 13.9 Å². The maximum absolute atomic E-state index is 12.4. The zero-order valence-corrected chi connectivity index (χ0v) is 15.2. The molecule has 26 heavy (non-hydrogen) atoms. The van der Waals surface area contributed by atoms with Crippen molar-refractivity contribution in [2.24, 2.45) is 5.10 Å². The molecule has 1 N–H and O–H groups in total. The number of ether oxygens (including phenoxy) is 2. The van der Waals surface area contributed by atoms with Crippen molar-refractivity contribution in [2.75, 3.05) is 7.11 Å². The van der Waals surface area contributed by atoms with Crippen LogP contribution in [0.1, 0.15) is 39.0 Å². The van der Waals surface area contributed by atoms with Gasteiger partial charge in [0.1, 0.15) is 0 Å². The largest absolute Gasteiger partial charge is 0.493 e. The lowest BCUT2D eigenvalue weighted by Crippen LogP contribution is -2.18. The van der Waals surface area contributed by atoms with Crippen LogP contribution in [0.25, 0.3) is 0 Å². The normalized spacial score (nSPS) is 13.7. The Morgan fingerprint density at radius 3 is 2.77 bits per heavy atom. The Morgan fingerprint density at radius 2 is 2.08 bits per heavy atom. The molecule has 3 rings (SSSR count). The first-order chi connectivity index (χ1) is 12.5. The molecule has 138 valence electrons. The molecule has 5 nitrogen and oxygen atoms in total. The number of nitrogens with zero attached hydrogens (tertiary/aromatic N) is 1. The van der Waals surface area contributed by atoms with E-state index in [1.165, 1.54) is 41.0 Å². The second-order valence-corrected chi connectivity index (χ2v) is 6.93. The van der Waals surface area contributed by atoms with Gasteiger partial charge in [-0.15, -0.1) is 11.3 Å². The second-order valence-electron chi connectivity index (χ2n) is 5.79. The number of amides is 1. The molecule has 0 radical (unpaired) electrons. The number of carbonyl (C=O) groups excluding carboxylic acids is 1. The molecule has 8 heteroatoms. The lowest BCUT2D eigenvalue weighted by atomic mass is 10.1. The van der Waals surface area contributed by atoms with E-state index in [1.54, 1.807) is 13.0 Å². The summed E-state index contributed by atoms with van der Waals surface area (Å²) >= 11 is 1.50. The molecule has 0 bridgehead atoms. The number of alkyl halides is 2. The first-order valence-electron chi connectivity index (χ1n) is 8.07. The molecule has 0 saturated heterocycles. The number of fused-ring (bicyclic) bond motifs is 1. The minimum Gasteiger partial charge on any atom is -0.493 e. The SMILES string of the molecule is COc1cc(/C(C)=N\NC(=O)c2cc3c(s2)CCC3)ccc1OC(F)F. The zero-order chi connectivity index (χ0) is 18.7. The molecule has 0 spiro atoms. The van der Waals surface area contributed by atoms with Crippen molar-refractivity contribution >= 4 is 23.0 Å². The van der Waals surface area contributed by atoms with E-state index in [9.17, 15) is 13.6 Å². The number of aryl methyl sites for hydroxylation is 2. The highest BCUT2D eigenvalue weighted by atomic mass is 32.1. The highest BCUT2D eigenvalue weighted by Gasteiger charge is 2.18. The van der Waals surface area contributed by atoms with Gasteiger partial charge in [0.05, 0.1) is 17.7 Å². The Kier molecular flexibility index (Phi) is 5.51. The van der Waals surface area contributed by atoms with E-state index < -0.39 is 6.61 Å². The lowest BCUT2D eigenvalue weighted by molar-refractivity contribution is -0.0512. The van der Waals surface area contributed by atoms with Crippen LogP contribution in [0.3, 0.4) is 0 Å². The average Bonchev–Trinajstić information content (AvgIpc) is 3.21. The zero-order valence-electron chi connectivity index (χ0n) is 14.3. The molecule has 0 aliphatic heterocycles. The molecular formula is C18H18F2N2O3S. The molecule has 1 heterocycles. The van der Waals surface area contributed by atoms with E-state index in [4.69, 9.17) is 4.74 Å². The lowest BCUT2D eigenvalue weighted by Gasteiger charge is -2.11. The molecule has 0 fully saturated rings. The highest BCUT2D eigenvalue weighted by Crippen LogP contribution is 2.31. The average molecular weight is 380 g/mol. The fourth-order valence-corrected chi connectivity index (χ4v) is 3.92. The number of carbonyl (C=O) groups is 1. The Bertz CT molecular complexity index is 827. The van der Waals surface area contributed by atoms with Gasteiger partial charge in [-0.05, 0) is 56.0 Å². The van der Waals surface area contributed by atoms with Crippen molar-refractivity contribution in [3.8, 4) is 11.5 Å². The summed E-state index contributed by atoms with van der Waals surface area (Å²) < 4.78 is 34.2. The van der Waals surface area contributed by atoms with E-state index in [2.05, 4.69) is 15.3 Å². The number of hydrazone groups is 1. The van der Waals surface area contributed by atoms with Gasteiger partial charge in [0.15, 0.2) is 11.5 Å². The van der Waals surface area contributed by atoms with Gasteiger partial charge < -0.3 is 9.47 Å². The number of halogens is 2. The molecule has 0 atom stereocenters. The molecule has 0 saturated carbocycles. The third-order valence-electron chi connectivity index (χ3n) is 4.09. The summed E-state index contributed by atoms with van der Waals surface area (Å²) in [6.07, 6.45) is 3.20. The van der Waals surface area contributed by atoms with Crippen molar-refractivity contribution in [1.29, 1.82) is 0 Å². The summed E-state index contributed by atoms with van der Waals surface area (Å²) in [5.41, 5.74) is 4.93. The van der Waals surface area contributed by atoms with Crippen LogP contribution in [0, 0.1) is 0 Å². The maximum Gasteiger partial charge on any atom is 0.387 e. The van der Waals surface area contributed by atoms with E-state index in [0.717, 1.165) is 19.3 Å². The van der Waals surface area contributed by atoms with Crippen molar-refractivity contribution in [2.45, 2.75) is 32.8 Å². The number of thiophene rings is 1. The second kappa shape index (κ2) is 7.82. The van der Waals surface area contributed by atoms with Crippen LogP contribution in [-0.2, 0) is 12.8 Å². The molecule has 1 aliphatic carbocycles. The third-order valence-corrected chi connectivity index (χ3v) is 5.33. The van der Waals surface area contributed by atoms with E-state index in [0.29, 0.717) is 16.2 Å². The van der Waals surface area contributed by atoms with Crippen LogP contribution >= 0.6 is 11.3 Å². The van der Waals surface area contributed by atoms with Gasteiger partial charge in [-0.1, -0.05) is 0 Å². The van der Waals surface area contributed by atoms with Crippen LogP contribution in [0.4, 0.5) is 8.78 Å². The fraction of sp³-hybridized carbons (Fsp3) is 0.333. The van der Waals surface area contributed by atoms with Gasteiger partial charge in [0.2, 0.25) is 0 Å². The van der Waals surface area contributed by atoms with Crippen molar-refractivity contribution in [3.05, 3.63) is 45.1 Å². The Labute approximate surface area is 153 Å². The molecule has 2 aromatic rings. The van der Waals surface area contributed by atoms with Crippen LogP contribution in [-0.4, -0.2) is 25.3 Å². The minimum absolute atomic E-state index is 0.0591. The number of rotatable bonds is 6. The van der Waals surface area contributed by atoms with Crippen LogP contribution in [0.2, 0.25) is 0 Å². The number of benzene rings is 1. The predicted molar refractivity (Wildman–Crippen MR) is 95.6 cm³/mol. The number of nitrogens with one attached hydrogen (secondary N) is 1. The molecule has 1 aromatic carbocycles. The van der Waals surface area contributed by atoms with Gasteiger partial charge >= 0.3 is 6.61 Å². The smallest absolute Gasteiger partial charge is 0.387 e. The van der Waals surface area contributed by atoms with Gasteiger partial charge in [0, 0.05) is 10.4 Å². The fourth-order valence-electron chi connectivity index (χ4n) is 2.78. The van der Waals surface area contributed by atoms with Crippen LogP contribution < -0.4 is 14.9 Å². The summed E-state index contributed by atoms with van der Waals surface area (Å²) in [5.74, 6) is -0.150. The molecule has 1 amide bonds. The summed E-state index contributed by atoms with van der Waals surface area (Å²) in [5, 5.41) is 4.10. The minimum atomic E-state index is -2.93. The number of methoxy groups -OCH3 is 1. The summed E-state index contributed by atoms with van der Waals surface area (Å²) in [4.78, 5) is 14.2. The molecular weight excluding hydrogens is 362 g/mol. The first kappa shape index (κ1) is 18.3. The number of hydrogen-bond donors (Lipinski definition) is 1. The molecule has 1 aromatic heterocycles. The van der Waals surface area contributed by atoms with E-state index in [1.807, 2.05) is 6.07 Å². The standard InChI is InChI=1S/C18H18F2N2O3S/c1-10(11-6-7-13(25-18(19)20)14(8-11)24-2)21-22-17(23)16-9-12-4-3-5-15(12)26-16/h6-9,18H,3-5H2,1-2H3,(H,22,23)/b21-10-. The maximum atomic E-state index is 12.4. The summed E-state index contributed by atoms with van der Waals surface area (Å²) in [6, 6.07) is 6.41. The summed E-state index contributed by atoms with van der Waals surface area (Å²) in [7, 11) is 1.36. The Balaban J connectivity index is 1.71. The number of hydrogen-bond acceptors (Lipinski definition) is 5.